The van der Waals surface area contributed by atoms with E-state index in [9.17, 15) is 13.2 Å². The number of aromatic amines is 1. The average Bonchev–Trinajstić information content (AvgIpc) is 2.57. The number of aryl methyl sites for hydroxylation is 1. The van der Waals surface area contributed by atoms with Gasteiger partial charge in [-0.2, -0.15) is 5.10 Å². The molecule has 0 spiro atoms. The number of nitrogens with one attached hydrogen (secondary N) is 2. The minimum atomic E-state index is -3.08. The van der Waals surface area contributed by atoms with Crippen molar-refractivity contribution in [2.75, 3.05) is 12.0 Å². The van der Waals surface area contributed by atoms with Crippen LogP contribution in [0.3, 0.4) is 0 Å². The van der Waals surface area contributed by atoms with Crippen molar-refractivity contribution in [3.05, 3.63) is 17.5 Å². The highest BCUT2D eigenvalue weighted by Gasteiger charge is 2.08. The molecule has 1 amide bonds. The lowest BCUT2D eigenvalue weighted by Gasteiger charge is -2.03. The molecule has 2 N–H and O–H groups in total. The van der Waals surface area contributed by atoms with Crippen LogP contribution in [0, 0.1) is 6.92 Å². The molecule has 0 aliphatic rings. The average molecular weight is 245 g/mol. The molecule has 7 heteroatoms. The van der Waals surface area contributed by atoms with Crippen molar-refractivity contribution in [2.24, 2.45) is 0 Å². The molecule has 0 aromatic carbocycles. The highest BCUT2D eigenvalue weighted by molar-refractivity contribution is 7.90. The number of hydrogen-bond acceptors (Lipinski definition) is 4. The first-order valence-electron chi connectivity index (χ1n) is 4.82. The molecule has 16 heavy (non-hydrogen) atoms. The minimum absolute atomic E-state index is 0.00423. The lowest BCUT2D eigenvalue weighted by Crippen LogP contribution is -2.25. The summed E-state index contributed by atoms with van der Waals surface area (Å²) in [6.45, 7) is 2.22. The predicted molar refractivity (Wildman–Crippen MR) is 59.5 cm³/mol. The summed E-state index contributed by atoms with van der Waals surface area (Å²) in [4.78, 5) is 11.3. The number of amides is 1. The van der Waals surface area contributed by atoms with Gasteiger partial charge in [0.05, 0.1) is 11.9 Å². The zero-order valence-corrected chi connectivity index (χ0v) is 10.1. The van der Waals surface area contributed by atoms with E-state index in [0.29, 0.717) is 6.54 Å². The summed E-state index contributed by atoms with van der Waals surface area (Å²) in [5.41, 5.74) is 1.79. The molecule has 0 unspecified atom stereocenters. The Morgan fingerprint density at radius 1 is 1.56 bits per heavy atom. The number of carbonyl (C=O) groups excluding carboxylic acids is 1. The molecule has 0 radical (unpaired) electrons. The van der Waals surface area contributed by atoms with Crippen molar-refractivity contribution in [1.29, 1.82) is 0 Å². The van der Waals surface area contributed by atoms with Gasteiger partial charge in [0.1, 0.15) is 9.84 Å². The fraction of sp³-hybridized carbons (Fsp3) is 0.556. The summed E-state index contributed by atoms with van der Waals surface area (Å²) in [5.74, 6) is -0.394. The third-order valence-corrected chi connectivity index (χ3v) is 3.06. The van der Waals surface area contributed by atoms with E-state index in [0.717, 1.165) is 17.5 Å². The summed E-state index contributed by atoms with van der Waals surface area (Å²) in [7, 11) is -3.08. The summed E-state index contributed by atoms with van der Waals surface area (Å²) in [6, 6.07) is 0. The zero-order valence-electron chi connectivity index (χ0n) is 9.28. The maximum Gasteiger partial charge on any atom is 0.221 e. The minimum Gasteiger partial charge on any atom is -0.352 e. The molecule has 6 nitrogen and oxygen atoms in total. The Morgan fingerprint density at radius 2 is 2.25 bits per heavy atom. The second kappa shape index (κ2) is 5.11. The largest absolute Gasteiger partial charge is 0.352 e. The molecule has 0 bridgehead atoms. The number of sulfone groups is 1. The van der Waals surface area contributed by atoms with Crippen LogP contribution in [0.25, 0.3) is 0 Å². The lowest BCUT2D eigenvalue weighted by atomic mass is 10.2. The van der Waals surface area contributed by atoms with Crippen LogP contribution in [0.1, 0.15) is 17.7 Å². The molecule has 0 aliphatic carbocycles. The fourth-order valence-corrected chi connectivity index (χ4v) is 1.67. The second-order valence-corrected chi connectivity index (χ2v) is 5.94. The van der Waals surface area contributed by atoms with Gasteiger partial charge in [0.2, 0.25) is 5.91 Å². The van der Waals surface area contributed by atoms with Crippen LogP contribution in [-0.2, 0) is 21.2 Å². The van der Waals surface area contributed by atoms with Gasteiger partial charge in [-0.3, -0.25) is 9.89 Å². The Bertz CT molecular complexity index is 464. The Labute approximate surface area is 94.4 Å². The van der Waals surface area contributed by atoms with Gasteiger partial charge in [-0.05, 0) is 6.92 Å². The van der Waals surface area contributed by atoms with E-state index >= 15 is 0 Å². The summed E-state index contributed by atoms with van der Waals surface area (Å²) >= 11 is 0. The van der Waals surface area contributed by atoms with E-state index in [1.54, 1.807) is 6.20 Å². The molecule has 90 valence electrons. The molecular formula is C9H15N3O3S. The van der Waals surface area contributed by atoms with E-state index < -0.39 is 9.84 Å². The molecule has 1 aromatic rings. The van der Waals surface area contributed by atoms with Gasteiger partial charge in [0, 0.05) is 30.5 Å². The van der Waals surface area contributed by atoms with Crippen LogP contribution in [0.5, 0.6) is 0 Å². The van der Waals surface area contributed by atoms with E-state index in [1.807, 2.05) is 6.92 Å². The quantitative estimate of drug-likeness (QED) is 0.749. The van der Waals surface area contributed by atoms with Crippen LogP contribution >= 0.6 is 0 Å². The van der Waals surface area contributed by atoms with Gasteiger partial charge in [-0.15, -0.1) is 0 Å². The van der Waals surface area contributed by atoms with Gasteiger partial charge in [0.25, 0.3) is 0 Å². The van der Waals surface area contributed by atoms with Crippen LogP contribution in [0.4, 0.5) is 0 Å². The van der Waals surface area contributed by atoms with Crippen molar-refractivity contribution >= 4 is 15.7 Å². The van der Waals surface area contributed by atoms with Crippen LogP contribution in [0.15, 0.2) is 6.20 Å². The molecule has 1 aromatic heterocycles. The normalized spacial score (nSPS) is 11.4. The SMILES string of the molecule is Cc1[nH]ncc1CNC(=O)CCS(C)(=O)=O. The predicted octanol–water partition coefficient (Wildman–Crippen LogP) is -0.231. The first kappa shape index (κ1) is 12.7. The van der Waals surface area contributed by atoms with E-state index in [1.165, 1.54) is 0 Å². The fourth-order valence-electron chi connectivity index (χ4n) is 1.11. The monoisotopic (exact) mass is 245 g/mol. The summed E-state index contributed by atoms with van der Waals surface area (Å²) in [5, 5.41) is 9.20. The Kier molecular flexibility index (Phi) is 4.05. The Morgan fingerprint density at radius 3 is 2.75 bits per heavy atom. The molecule has 0 saturated heterocycles. The maximum absolute atomic E-state index is 11.3. The molecule has 0 atom stereocenters. The number of rotatable bonds is 5. The van der Waals surface area contributed by atoms with Crippen molar-refractivity contribution in [1.82, 2.24) is 15.5 Å². The van der Waals surface area contributed by atoms with E-state index in [-0.39, 0.29) is 18.1 Å². The van der Waals surface area contributed by atoms with Gasteiger partial charge < -0.3 is 5.32 Å². The highest BCUT2D eigenvalue weighted by atomic mass is 32.2. The van der Waals surface area contributed by atoms with Gasteiger partial charge in [0.15, 0.2) is 0 Å². The summed E-state index contributed by atoms with van der Waals surface area (Å²) < 4.78 is 21.7. The standard InChI is InChI=1S/C9H15N3O3S/c1-7-8(6-11-12-7)5-10-9(13)3-4-16(2,14)15/h6H,3-5H2,1-2H3,(H,10,13)(H,11,12). The number of carbonyl (C=O) groups is 1. The van der Waals surface area contributed by atoms with Gasteiger partial charge in [-0.1, -0.05) is 0 Å². The third kappa shape index (κ3) is 4.43. The van der Waals surface area contributed by atoms with Crippen molar-refractivity contribution < 1.29 is 13.2 Å². The molecule has 1 rings (SSSR count). The molecular weight excluding hydrogens is 230 g/mol. The van der Waals surface area contributed by atoms with Gasteiger partial charge >= 0.3 is 0 Å². The number of H-pyrrole nitrogens is 1. The maximum atomic E-state index is 11.3. The molecule has 0 saturated carbocycles. The van der Waals surface area contributed by atoms with Crippen LogP contribution in [0.2, 0.25) is 0 Å². The number of aromatic nitrogens is 2. The molecule has 0 aliphatic heterocycles. The Balaban J connectivity index is 2.34. The van der Waals surface area contributed by atoms with Crippen molar-refractivity contribution in [3.63, 3.8) is 0 Å². The lowest BCUT2D eigenvalue weighted by molar-refractivity contribution is -0.120. The van der Waals surface area contributed by atoms with Crippen LogP contribution < -0.4 is 5.32 Å². The highest BCUT2D eigenvalue weighted by Crippen LogP contribution is 2.01. The second-order valence-electron chi connectivity index (χ2n) is 3.68. The van der Waals surface area contributed by atoms with Crippen molar-refractivity contribution in [2.45, 2.75) is 19.9 Å². The third-order valence-electron chi connectivity index (χ3n) is 2.11. The van der Waals surface area contributed by atoms with Gasteiger partial charge in [-0.25, -0.2) is 8.42 Å². The van der Waals surface area contributed by atoms with Crippen molar-refractivity contribution in [3.8, 4) is 0 Å². The number of nitrogens with zero attached hydrogens (tertiary/aromatic N) is 1. The first-order chi connectivity index (χ1) is 7.38. The van der Waals surface area contributed by atoms with E-state index in [4.69, 9.17) is 0 Å². The Hall–Kier alpha value is -1.37. The topological polar surface area (TPSA) is 91.9 Å². The zero-order chi connectivity index (χ0) is 12.2. The van der Waals surface area contributed by atoms with Crippen LogP contribution in [-0.4, -0.2) is 36.5 Å². The molecule has 1 heterocycles. The molecule has 0 fully saturated rings. The summed E-state index contributed by atoms with van der Waals surface area (Å²) in [6.07, 6.45) is 2.74. The smallest absolute Gasteiger partial charge is 0.221 e. The number of hydrogen-bond donors (Lipinski definition) is 2. The van der Waals surface area contributed by atoms with E-state index in [2.05, 4.69) is 15.5 Å². The first-order valence-corrected chi connectivity index (χ1v) is 6.88.